The molecule has 0 amide bonds. The number of Topliss-reactive ketones (excluding diaryl/α,β-unsaturated/α-hetero) is 1. The van der Waals surface area contributed by atoms with Crippen LogP contribution in [0.2, 0.25) is 0 Å². The Bertz CT molecular complexity index is 1470. The highest BCUT2D eigenvalue weighted by atomic mass is 32.2. The summed E-state index contributed by atoms with van der Waals surface area (Å²) in [5.74, 6) is 0.378. The number of aryl methyl sites for hydroxylation is 1. The third-order valence-electron chi connectivity index (χ3n) is 6.30. The van der Waals surface area contributed by atoms with Crippen LogP contribution in [0.15, 0.2) is 41.7 Å². The Morgan fingerprint density at radius 3 is 2.63 bits per heavy atom. The van der Waals surface area contributed by atoms with Crippen molar-refractivity contribution in [3.63, 3.8) is 0 Å². The highest BCUT2D eigenvalue weighted by Gasteiger charge is 2.30. The van der Waals surface area contributed by atoms with Crippen molar-refractivity contribution in [3.8, 4) is 5.69 Å². The first-order valence-corrected chi connectivity index (χ1v) is 13.4. The second-order valence-corrected chi connectivity index (χ2v) is 11.4. The summed E-state index contributed by atoms with van der Waals surface area (Å²) >= 11 is 0. The lowest BCUT2D eigenvalue weighted by atomic mass is 10.1. The lowest BCUT2D eigenvalue weighted by Gasteiger charge is -2.22. The lowest BCUT2D eigenvalue weighted by Crippen LogP contribution is -2.25. The van der Waals surface area contributed by atoms with Crippen molar-refractivity contribution in [3.05, 3.63) is 53.6 Å². The number of sulfonamides is 1. The average Bonchev–Trinajstić information content (AvgIpc) is 3.45. The van der Waals surface area contributed by atoms with E-state index < -0.39 is 10.0 Å². The van der Waals surface area contributed by atoms with E-state index >= 15 is 0 Å². The number of aliphatic imine (C=N–C) groups is 1. The fraction of sp³-hybridized carbons (Fsp3) is 0.360. The number of carbonyl (C=O) groups excluding carboxylic acids is 1. The molecule has 3 aromatic rings. The Kier molecular flexibility index (Phi) is 5.71. The van der Waals surface area contributed by atoms with E-state index in [-0.39, 0.29) is 11.7 Å². The minimum atomic E-state index is -3.53. The van der Waals surface area contributed by atoms with Gasteiger partial charge in [0.15, 0.2) is 0 Å². The SMILES string of the molecule is CC1=Nc2c(Nc3ccc(-n4cc(C)cn4)cc3N(C)S(C)(=O)=O)cc(CC(=O)C3CC3)nc2C1. The molecule has 10 heteroatoms. The van der Waals surface area contributed by atoms with Crippen LogP contribution < -0.4 is 9.62 Å². The first kappa shape index (κ1) is 23.2. The van der Waals surface area contributed by atoms with Crippen LogP contribution in [0, 0.1) is 12.8 Å². The van der Waals surface area contributed by atoms with Gasteiger partial charge in [0.2, 0.25) is 10.0 Å². The van der Waals surface area contributed by atoms with Gasteiger partial charge in [0.25, 0.3) is 0 Å². The van der Waals surface area contributed by atoms with E-state index in [0.29, 0.717) is 35.6 Å². The number of hydrogen-bond acceptors (Lipinski definition) is 7. The summed E-state index contributed by atoms with van der Waals surface area (Å²) < 4.78 is 27.9. The molecule has 1 N–H and O–H groups in total. The molecule has 1 saturated carbocycles. The number of anilines is 3. The number of aromatic nitrogens is 3. The van der Waals surface area contributed by atoms with Crippen LogP contribution in [0.4, 0.5) is 22.7 Å². The minimum Gasteiger partial charge on any atom is -0.352 e. The number of pyridine rings is 1. The number of benzene rings is 1. The molecule has 0 spiro atoms. The van der Waals surface area contributed by atoms with Gasteiger partial charge < -0.3 is 5.32 Å². The van der Waals surface area contributed by atoms with Crippen LogP contribution in [0.3, 0.4) is 0 Å². The molecule has 1 aliphatic carbocycles. The number of fused-ring (bicyclic) bond motifs is 1. The molecular formula is C25H28N6O3S. The topological polar surface area (TPSA) is 110 Å². The number of nitrogens with one attached hydrogen (secondary N) is 1. The molecule has 5 rings (SSSR count). The van der Waals surface area contributed by atoms with Gasteiger partial charge >= 0.3 is 0 Å². The van der Waals surface area contributed by atoms with Crippen LogP contribution in [0.1, 0.15) is 36.7 Å². The third kappa shape index (κ3) is 4.84. The predicted octanol–water partition coefficient (Wildman–Crippen LogP) is 3.89. The van der Waals surface area contributed by atoms with Gasteiger partial charge in [0.05, 0.1) is 46.6 Å². The first-order valence-electron chi connectivity index (χ1n) is 11.5. The molecule has 35 heavy (non-hydrogen) atoms. The van der Waals surface area contributed by atoms with Crippen LogP contribution >= 0.6 is 0 Å². The molecular weight excluding hydrogens is 464 g/mol. The van der Waals surface area contributed by atoms with Gasteiger partial charge in [0.1, 0.15) is 11.5 Å². The quantitative estimate of drug-likeness (QED) is 0.511. The zero-order valence-corrected chi connectivity index (χ0v) is 21.1. The summed E-state index contributed by atoms with van der Waals surface area (Å²) in [5.41, 5.74) is 6.71. The largest absolute Gasteiger partial charge is 0.352 e. The zero-order chi connectivity index (χ0) is 24.9. The molecule has 0 unspecified atom stereocenters. The van der Waals surface area contributed by atoms with Gasteiger partial charge in [0, 0.05) is 37.7 Å². The van der Waals surface area contributed by atoms with Crippen molar-refractivity contribution in [1.82, 2.24) is 14.8 Å². The lowest BCUT2D eigenvalue weighted by molar-refractivity contribution is -0.119. The smallest absolute Gasteiger partial charge is 0.232 e. The summed E-state index contributed by atoms with van der Waals surface area (Å²) in [6, 6.07) is 7.35. The predicted molar refractivity (Wildman–Crippen MR) is 137 cm³/mol. The van der Waals surface area contributed by atoms with E-state index in [1.54, 1.807) is 16.9 Å². The fourth-order valence-electron chi connectivity index (χ4n) is 4.19. The van der Waals surface area contributed by atoms with Crippen molar-refractivity contribution in [2.75, 3.05) is 22.9 Å². The van der Waals surface area contributed by atoms with E-state index in [0.717, 1.165) is 41.2 Å². The highest BCUT2D eigenvalue weighted by Crippen LogP contribution is 2.40. The summed E-state index contributed by atoms with van der Waals surface area (Å²) in [6.07, 6.45) is 7.63. The van der Waals surface area contributed by atoms with E-state index in [1.165, 1.54) is 17.6 Å². The van der Waals surface area contributed by atoms with Crippen LogP contribution in [0.25, 0.3) is 5.69 Å². The summed E-state index contributed by atoms with van der Waals surface area (Å²) in [4.78, 5) is 21.8. The molecule has 2 aliphatic rings. The van der Waals surface area contributed by atoms with Crippen molar-refractivity contribution in [1.29, 1.82) is 0 Å². The molecule has 0 atom stereocenters. The van der Waals surface area contributed by atoms with Crippen molar-refractivity contribution < 1.29 is 13.2 Å². The van der Waals surface area contributed by atoms with E-state index in [9.17, 15) is 13.2 Å². The van der Waals surface area contributed by atoms with Gasteiger partial charge in [-0.2, -0.15) is 5.10 Å². The Morgan fingerprint density at radius 2 is 1.97 bits per heavy atom. The molecule has 1 aromatic carbocycles. The maximum atomic E-state index is 12.5. The molecule has 182 valence electrons. The first-order chi connectivity index (χ1) is 16.6. The Labute approximate surface area is 205 Å². The van der Waals surface area contributed by atoms with E-state index in [1.807, 2.05) is 38.2 Å². The second kappa shape index (κ2) is 8.60. The van der Waals surface area contributed by atoms with Gasteiger partial charge in [-0.3, -0.25) is 19.1 Å². The van der Waals surface area contributed by atoms with Crippen LogP contribution in [0.5, 0.6) is 0 Å². The average molecular weight is 493 g/mol. The second-order valence-electron chi connectivity index (χ2n) is 9.42. The Morgan fingerprint density at radius 1 is 1.20 bits per heavy atom. The Hall–Kier alpha value is -3.53. The zero-order valence-electron chi connectivity index (χ0n) is 20.2. The van der Waals surface area contributed by atoms with Gasteiger partial charge in [-0.1, -0.05) is 0 Å². The third-order valence-corrected chi connectivity index (χ3v) is 7.49. The number of rotatable bonds is 8. The number of ketones is 1. The van der Waals surface area contributed by atoms with E-state index in [4.69, 9.17) is 4.98 Å². The van der Waals surface area contributed by atoms with Crippen molar-refractivity contribution >= 4 is 44.3 Å². The molecule has 1 aliphatic heterocycles. The summed E-state index contributed by atoms with van der Waals surface area (Å²) in [7, 11) is -2.01. The van der Waals surface area contributed by atoms with Crippen LogP contribution in [-0.4, -0.2) is 48.0 Å². The van der Waals surface area contributed by atoms with E-state index in [2.05, 4.69) is 15.4 Å². The molecule has 9 nitrogen and oxygen atoms in total. The van der Waals surface area contributed by atoms with Crippen molar-refractivity contribution in [2.24, 2.45) is 10.9 Å². The molecule has 3 heterocycles. The molecule has 1 fully saturated rings. The summed E-state index contributed by atoms with van der Waals surface area (Å²) in [6.45, 7) is 3.89. The summed E-state index contributed by atoms with van der Waals surface area (Å²) in [5, 5.41) is 7.74. The molecule has 0 bridgehead atoms. The molecule has 0 radical (unpaired) electrons. The number of carbonyl (C=O) groups is 1. The normalized spacial score (nSPS) is 15.0. The fourth-order valence-corrected chi connectivity index (χ4v) is 4.70. The van der Waals surface area contributed by atoms with Gasteiger partial charge in [-0.05, 0) is 56.5 Å². The Balaban J connectivity index is 1.57. The van der Waals surface area contributed by atoms with Crippen molar-refractivity contribution in [2.45, 2.75) is 39.5 Å². The highest BCUT2D eigenvalue weighted by molar-refractivity contribution is 7.92. The number of hydrogen-bond donors (Lipinski definition) is 1. The van der Waals surface area contributed by atoms with Gasteiger partial charge in [-0.25, -0.2) is 13.1 Å². The molecule has 2 aromatic heterocycles. The van der Waals surface area contributed by atoms with Gasteiger partial charge in [-0.15, -0.1) is 0 Å². The monoisotopic (exact) mass is 492 g/mol. The standard InChI is InChI=1S/C25H28N6O3S/c1-15-13-26-31(14-15)19-7-8-20(23(12-19)30(3)35(4,33)34)29-22-10-18(11-24(32)17-5-6-17)28-21-9-16(2)27-25(21)22/h7-8,10,12-14,17H,5-6,9,11H2,1-4H3,(H,28,29). The maximum absolute atomic E-state index is 12.5. The molecule has 0 saturated heterocycles. The maximum Gasteiger partial charge on any atom is 0.232 e. The minimum absolute atomic E-state index is 0.160. The van der Waals surface area contributed by atoms with Crippen LogP contribution in [-0.2, 0) is 27.7 Å². The number of nitrogens with zero attached hydrogens (tertiary/aromatic N) is 5.